The van der Waals surface area contributed by atoms with E-state index in [2.05, 4.69) is 18.6 Å². The molecule has 1 fully saturated rings. The summed E-state index contributed by atoms with van der Waals surface area (Å²) in [6.07, 6.45) is -0.620. The lowest BCUT2D eigenvalue weighted by molar-refractivity contribution is -0.174. The molecule has 2 unspecified atom stereocenters. The van der Waals surface area contributed by atoms with Crippen LogP contribution >= 0.6 is 0 Å². The fourth-order valence-corrected chi connectivity index (χ4v) is 2.65. The number of ether oxygens (including phenoxy) is 1. The third-order valence-electron chi connectivity index (χ3n) is 3.85. The molecular weight excluding hydrogens is 257 g/mol. The van der Waals surface area contributed by atoms with Gasteiger partial charge in [-0.3, -0.25) is 4.79 Å². The summed E-state index contributed by atoms with van der Waals surface area (Å²) in [6.45, 7) is 3.20. The Bertz CT molecular complexity index is 287. The van der Waals surface area contributed by atoms with Gasteiger partial charge in [-0.05, 0) is 37.5 Å². The van der Waals surface area contributed by atoms with Crippen molar-refractivity contribution in [2.24, 2.45) is 17.8 Å². The van der Waals surface area contributed by atoms with E-state index in [1.54, 1.807) is 0 Å². The quantitative estimate of drug-likeness (QED) is 0.688. The van der Waals surface area contributed by atoms with Crippen LogP contribution in [0.5, 0.6) is 0 Å². The maximum absolute atomic E-state index is 11.9. The molecule has 5 heteroatoms. The van der Waals surface area contributed by atoms with Gasteiger partial charge in [-0.2, -0.15) is 13.2 Å². The number of alkyl halides is 3. The molecule has 2 atom stereocenters. The van der Waals surface area contributed by atoms with Crippen LogP contribution in [0.15, 0.2) is 0 Å². The first-order valence-corrected chi connectivity index (χ1v) is 6.97. The van der Waals surface area contributed by atoms with Crippen molar-refractivity contribution in [3.05, 3.63) is 0 Å². The third-order valence-corrected chi connectivity index (χ3v) is 3.85. The normalized spacial score (nSPS) is 25.1. The van der Waals surface area contributed by atoms with E-state index in [0.717, 1.165) is 12.8 Å². The standard InChI is InChI=1S/C14H23F3O2/c1-10(2)11-5-6-13(18)12(8-11)4-3-7-19-9-14(15,16)17/h10-12H,3-9H2,1-2H3. The Balaban J connectivity index is 2.22. The third kappa shape index (κ3) is 6.41. The first-order chi connectivity index (χ1) is 8.79. The fourth-order valence-electron chi connectivity index (χ4n) is 2.65. The van der Waals surface area contributed by atoms with Crippen LogP contribution in [0.2, 0.25) is 0 Å². The summed E-state index contributed by atoms with van der Waals surface area (Å²) >= 11 is 0. The van der Waals surface area contributed by atoms with Gasteiger partial charge >= 0.3 is 6.18 Å². The van der Waals surface area contributed by atoms with Crippen molar-refractivity contribution in [1.29, 1.82) is 0 Å². The molecular formula is C14H23F3O2. The van der Waals surface area contributed by atoms with E-state index in [-0.39, 0.29) is 18.3 Å². The van der Waals surface area contributed by atoms with Gasteiger partial charge in [-0.25, -0.2) is 0 Å². The highest BCUT2D eigenvalue weighted by molar-refractivity contribution is 5.81. The predicted molar refractivity (Wildman–Crippen MR) is 66.8 cm³/mol. The van der Waals surface area contributed by atoms with Crippen molar-refractivity contribution in [2.45, 2.75) is 52.1 Å². The summed E-state index contributed by atoms with van der Waals surface area (Å²) in [5.41, 5.74) is 0. The molecule has 0 spiro atoms. The fraction of sp³-hybridized carbons (Fsp3) is 0.929. The lowest BCUT2D eigenvalue weighted by atomic mass is 9.74. The monoisotopic (exact) mass is 280 g/mol. The van der Waals surface area contributed by atoms with Crippen molar-refractivity contribution in [2.75, 3.05) is 13.2 Å². The molecule has 0 aromatic heterocycles. The number of rotatable bonds is 6. The molecule has 0 N–H and O–H groups in total. The van der Waals surface area contributed by atoms with Crippen molar-refractivity contribution >= 4 is 5.78 Å². The molecule has 1 aliphatic rings. The smallest absolute Gasteiger partial charge is 0.372 e. The van der Waals surface area contributed by atoms with Crippen LogP contribution in [-0.4, -0.2) is 25.2 Å². The summed E-state index contributed by atoms with van der Waals surface area (Å²) in [5.74, 6) is 1.43. The number of carbonyl (C=O) groups is 1. The van der Waals surface area contributed by atoms with Crippen molar-refractivity contribution in [3.63, 3.8) is 0 Å². The zero-order valence-electron chi connectivity index (χ0n) is 11.6. The van der Waals surface area contributed by atoms with Crippen LogP contribution in [0.1, 0.15) is 46.0 Å². The van der Waals surface area contributed by atoms with Gasteiger partial charge in [0.25, 0.3) is 0 Å². The van der Waals surface area contributed by atoms with Gasteiger partial charge in [-0.1, -0.05) is 13.8 Å². The van der Waals surface area contributed by atoms with Crippen LogP contribution in [0.4, 0.5) is 13.2 Å². The number of halogens is 3. The van der Waals surface area contributed by atoms with E-state index < -0.39 is 12.8 Å². The second-order valence-electron chi connectivity index (χ2n) is 5.75. The molecule has 112 valence electrons. The van der Waals surface area contributed by atoms with Gasteiger partial charge in [0, 0.05) is 18.9 Å². The summed E-state index contributed by atoms with van der Waals surface area (Å²) < 4.78 is 40.1. The first kappa shape index (κ1) is 16.5. The van der Waals surface area contributed by atoms with E-state index in [0.29, 0.717) is 31.1 Å². The summed E-state index contributed by atoms with van der Waals surface area (Å²) in [7, 11) is 0. The molecule has 0 amide bonds. The van der Waals surface area contributed by atoms with Crippen molar-refractivity contribution < 1.29 is 22.7 Å². The highest BCUT2D eigenvalue weighted by Gasteiger charge is 2.30. The zero-order chi connectivity index (χ0) is 14.5. The van der Waals surface area contributed by atoms with E-state index in [9.17, 15) is 18.0 Å². The second-order valence-corrected chi connectivity index (χ2v) is 5.75. The molecule has 2 nitrogen and oxygen atoms in total. The summed E-state index contributed by atoms with van der Waals surface area (Å²) in [6, 6.07) is 0. The van der Waals surface area contributed by atoms with E-state index in [1.165, 1.54) is 0 Å². The minimum atomic E-state index is -4.26. The summed E-state index contributed by atoms with van der Waals surface area (Å²) in [5, 5.41) is 0. The van der Waals surface area contributed by atoms with Gasteiger partial charge in [0.15, 0.2) is 0 Å². The highest BCUT2D eigenvalue weighted by Crippen LogP contribution is 2.33. The van der Waals surface area contributed by atoms with E-state index in [4.69, 9.17) is 0 Å². The van der Waals surface area contributed by atoms with Crippen molar-refractivity contribution in [1.82, 2.24) is 0 Å². The Morgan fingerprint density at radius 2 is 2.05 bits per heavy atom. The van der Waals surface area contributed by atoms with E-state index in [1.807, 2.05) is 0 Å². The van der Waals surface area contributed by atoms with E-state index >= 15 is 0 Å². The Kier molecular flexibility index (Phi) is 6.30. The van der Waals surface area contributed by atoms with Gasteiger partial charge < -0.3 is 4.74 Å². The SMILES string of the molecule is CC(C)C1CCC(=O)C(CCCOCC(F)(F)F)C1. The molecule has 1 aliphatic carbocycles. The largest absolute Gasteiger partial charge is 0.411 e. The van der Waals surface area contributed by atoms with Gasteiger partial charge in [0.2, 0.25) is 0 Å². The number of ketones is 1. The average Bonchev–Trinajstić information content (AvgIpc) is 2.29. The maximum Gasteiger partial charge on any atom is 0.411 e. The highest BCUT2D eigenvalue weighted by atomic mass is 19.4. The van der Waals surface area contributed by atoms with Gasteiger partial charge in [0.05, 0.1) is 0 Å². The topological polar surface area (TPSA) is 26.3 Å². The molecule has 0 aromatic carbocycles. The summed E-state index contributed by atoms with van der Waals surface area (Å²) in [4.78, 5) is 11.8. The molecule has 0 heterocycles. The van der Waals surface area contributed by atoms with Crippen LogP contribution in [-0.2, 0) is 9.53 Å². The lowest BCUT2D eigenvalue weighted by Crippen LogP contribution is -2.27. The van der Waals surface area contributed by atoms with Gasteiger partial charge in [-0.15, -0.1) is 0 Å². The van der Waals surface area contributed by atoms with Crippen LogP contribution < -0.4 is 0 Å². The molecule has 1 rings (SSSR count). The number of hydrogen-bond acceptors (Lipinski definition) is 2. The minimum absolute atomic E-state index is 0.0237. The first-order valence-electron chi connectivity index (χ1n) is 6.97. The molecule has 0 bridgehead atoms. The Hall–Kier alpha value is -0.580. The number of carbonyl (C=O) groups excluding carboxylic acids is 1. The molecule has 0 saturated heterocycles. The zero-order valence-corrected chi connectivity index (χ0v) is 11.6. The van der Waals surface area contributed by atoms with Crippen LogP contribution in [0.25, 0.3) is 0 Å². The molecule has 1 saturated carbocycles. The van der Waals surface area contributed by atoms with Gasteiger partial charge in [0.1, 0.15) is 12.4 Å². The van der Waals surface area contributed by atoms with Crippen LogP contribution in [0.3, 0.4) is 0 Å². The molecule has 0 aromatic rings. The Labute approximate surface area is 112 Å². The minimum Gasteiger partial charge on any atom is -0.372 e. The average molecular weight is 280 g/mol. The van der Waals surface area contributed by atoms with Crippen molar-refractivity contribution in [3.8, 4) is 0 Å². The number of hydrogen-bond donors (Lipinski definition) is 0. The molecule has 0 radical (unpaired) electrons. The molecule has 0 aliphatic heterocycles. The Morgan fingerprint density at radius 1 is 1.37 bits per heavy atom. The predicted octanol–water partition coefficient (Wildman–Crippen LogP) is 3.99. The lowest BCUT2D eigenvalue weighted by Gasteiger charge is -2.30. The molecule has 19 heavy (non-hydrogen) atoms. The second kappa shape index (κ2) is 7.27. The maximum atomic E-state index is 11.9. The Morgan fingerprint density at radius 3 is 2.63 bits per heavy atom. The number of Topliss-reactive ketones (excluding diaryl/α,β-unsaturated/α-hetero) is 1. The van der Waals surface area contributed by atoms with Crippen LogP contribution in [0, 0.1) is 17.8 Å².